The molecule has 0 atom stereocenters. The molecular formula is C11H13N3O2S. The number of nitrogens with one attached hydrogen (secondary N) is 2. The van der Waals surface area contributed by atoms with Crippen molar-refractivity contribution < 1.29 is 9.59 Å². The second-order valence-corrected chi connectivity index (χ2v) is 4.60. The van der Waals surface area contributed by atoms with E-state index in [0.717, 1.165) is 5.56 Å². The molecule has 1 aliphatic heterocycles. The van der Waals surface area contributed by atoms with Gasteiger partial charge in [-0.25, -0.2) is 5.43 Å². The van der Waals surface area contributed by atoms with Crippen LogP contribution in [0.2, 0.25) is 0 Å². The first-order valence-corrected chi connectivity index (χ1v) is 6.26. The maximum atomic E-state index is 11.7. The molecule has 0 aliphatic carbocycles. The lowest BCUT2D eigenvalue weighted by atomic mass is 10.1. The normalized spacial score (nSPS) is 15.1. The lowest BCUT2D eigenvalue weighted by Crippen LogP contribution is -2.36. The van der Waals surface area contributed by atoms with Crippen molar-refractivity contribution in [3.05, 3.63) is 21.9 Å². The van der Waals surface area contributed by atoms with Gasteiger partial charge in [-0.3, -0.25) is 9.59 Å². The number of hydrogen-bond donors (Lipinski definition) is 2. The zero-order valence-corrected chi connectivity index (χ0v) is 10.3. The molecule has 2 heterocycles. The van der Waals surface area contributed by atoms with Gasteiger partial charge in [0.1, 0.15) is 5.71 Å². The molecule has 17 heavy (non-hydrogen) atoms. The number of carbonyl (C=O) groups is 2. The summed E-state index contributed by atoms with van der Waals surface area (Å²) in [5.74, 6) is -0.356. The molecular weight excluding hydrogens is 238 g/mol. The Kier molecular flexibility index (Phi) is 3.53. The van der Waals surface area contributed by atoms with Crippen molar-refractivity contribution in [1.82, 2.24) is 10.7 Å². The van der Waals surface area contributed by atoms with Gasteiger partial charge in [-0.2, -0.15) is 16.4 Å². The number of hydrazone groups is 1. The lowest BCUT2D eigenvalue weighted by Gasteiger charge is -2.11. The average molecular weight is 251 g/mol. The molecule has 1 aliphatic rings. The van der Waals surface area contributed by atoms with Crippen molar-refractivity contribution in [2.75, 3.05) is 0 Å². The number of thiophene rings is 1. The Balaban J connectivity index is 1.90. The summed E-state index contributed by atoms with van der Waals surface area (Å²) in [7, 11) is 0. The fourth-order valence-electron chi connectivity index (χ4n) is 1.48. The summed E-state index contributed by atoms with van der Waals surface area (Å²) < 4.78 is 0. The molecule has 2 N–H and O–H groups in total. The first-order chi connectivity index (χ1) is 8.16. The van der Waals surface area contributed by atoms with E-state index >= 15 is 0 Å². The average Bonchev–Trinajstić information content (AvgIpc) is 2.73. The summed E-state index contributed by atoms with van der Waals surface area (Å²) in [5, 5.41) is 10.6. The molecule has 0 saturated heterocycles. The summed E-state index contributed by atoms with van der Waals surface area (Å²) in [4.78, 5) is 22.6. The van der Waals surface area contributed by atoms with Gasteiger partial charge < -0.3 is 5.32 Å². The number of nitrogens with zero attached hydrogens (tertiary/aromatic N) is 1. The Bertz CT molecular complexity index is 479. The first-order valence-electron chi connectivity index (χ1n) is 5.32. The van der Waals surface area contributed by atoms with Crippen molar-refractivity contribution in [3.63, 3.8) is 0 Å². The third-order valence-corrected chi connectivity index (χ3v) is 3.48. The van der Waals surface area contributed by atoms with Crippen LogP contribution >= 0.6 is 11.3 Å². The molecule has 1 aromatic rings. The predicted molar refractivity (Wildman–Crippen MR) is 65.7 cm³/mol. The quantitative estimate of drug-likeness (QED) is 0.839. The minimum absolute atomic E-state index is 0.143. The van der Waals surface area contributed by atoms with Gasteiger partial charge in [-0.05, 0) is 28.8 Å². The van der Waals surface area contributed by atoms with Crippen LogP contribution < -0.4 is 10.7 Å². The SMILES string of the molecule is Cc1cscc1CNC(=O)C1=NNC(=O)CC1. The van der Waals surface area contributed by atoms with E-state index in [1.807, 2.05) is 17.7 Å². The highest BCUT2D eigenvalue weighted by molar-refractivity contribution is 7.08. The molecule has 2 rings (SSSR count). The number of rotatable bonds is 3. The van der Waals surface area contributed by atoms with Gasteiger partial charge in [0.05, 0.1) is 0 Å². The summed E-state index contributed by atoms with van der Waals surface area (Å²) in [6.45, 7) is 2.51. The van der Waals surface area contributed by atoms with Gasteiger partial charge in [0, 0.05) is 19.4 Å². The van der Waals surface area contributed by atoms with Crippen molar-refractivity contribution in [1.29, 1.82) is 0 Å². The van der Waals surface area contributed by atoms with E-state index in [9.17, 15) is 9.59 Å². The molecule has 0 fully saturated rings. The molecule has 2 amide bonds. The third-order valence-electron chi connectivity index (χ3n) is 2.57. The van der Waals surface area contributed by atoms with Crippen LogP contribution in [-0.2, 0) is 16.1 Å². The van der Waals surface area contributed by atoms with Crippen molar-refractivity contribution in [3.8, 4) is 0 Å². The number of hydrogen-bond acceptors (Lipinski definition) is 4. The number of aryl methyl sites for hydroxylation is 1. The van der Waals surface area contributed by atoms with Crippen LogP contribution in [-0.4, -0.2) is 17.5 Å². The zero-order valence-electron chi connectivity index (χ0n) is 9.45. The van der Waals surface area contributed by atoms with Gasteiger partial charge in [-0.1, -0.05) is 0 Å². The topological polar surface area (TPSA) is 70.6 Å². The summed E-state index contributed by atoms with van der Waals surface area (Å²) in [6.07, 6.45) is 0.726. The highest BCUT2D eigenvalue weighted by Gasteiger charge is 2.17. The van der Waals surface area contributed by atoms with E-state index in [2.05, 4.69) is 15.8 Å². The first kappa shape index (κ1) is 11.8. The molecule has 90 valence electrons. The van der Waals surface area contributed by atoms with E-state index in [-0.39, 0.29) is 11.8 Å². The fourth-order valence-corrected chi connectivity index (χ4v) is 2.34. The fraction of sp³-hybridized carbons (Fsp3) is 0.364. The Morgan fingerprint density at radius 1 is 1.53 bits per heavy atom. The smallest absolute Gasteiger partial charge is 0.267 e. The van der Waals surface area contributed by atoms with Crippen LogP contribution in [0.25, 0.3) is 0 Å². The summed E-state index contributed by atoms with van der Waals surface area (Å²) in [5.41, 5.74) is 4.98. The standard InChI is InChI=1S/C11H13N3O2S/c1-7-5-17-6-8(7)4-12-11(16)9-2-3-10(15)14-13-9/h5-6H,2-4H2,1H3,(H,12,16)(H,14,15). The monoisotopic (exact) mass is 251 g/mol. The molecule has 1 aromatic heterocycles. The van der Waals surface area contributed by atoms with Crippen LogP contribution in [0.15, 0.2) is 15.9 Å². The van der Waals surface area contributed by atoms with Crippen molar-refractivity contribution in [2.24, 2.45) is 5.10 Å². The molecule has 0 saturated carbocycles. The highest BCUT2D eigenvalue weighted by atomic mass is 32.1. The van der Waals surface area contributed by atoms with E-state index in [1.165, 1.54) is 5.56 Å². The van der Waals surface area contributed by atoms with Crippen LogP contribution in [0.1, 0.15) is 24.0 Å². The minimum Gasteiger partial charge on any atom is -0.347 e. The van der Waals surface area contributed by atoms with Crippen molar-refractivity contribution in [2.45, 2.75) is 26.3 Å². The van der Waals surface area contributed by atoms with Gasteiger partial charge in [0.25, 0.3) is 5.91 Å². The molecule has 6 heteroatoms. The number of amides is 2. The van der Waals surface area contributed by atoms with E-state index in [0.29, 0.717) is 25.1 Å². The molecule has 0 radical (unpaired) electrons. The Labute approximate surface area is 103 Å². The molecule has 0 aromatic carbocycles. The molecule has 5 nitrogen and oxygen atoms in total. The largest absolute Gasteiger partial charge is 0.347 e. The summed E-state index contributed by atoms with van der Waals surface area (Å²) >= 11 is 1.62. The highest BCUT2D eigenvalue weighted by Crippen LogP contribution is 2.13. The lowest BCUT2D eigenvalue weighted by molar-refractivity contribution is -0.121. The third kappa shape index (κ3) is 2.91. The van der Waals surface area contributed by atoms with Gasteiger partial charge in [0.15, 0.2) is 0 Å². The molecule has 0 spiro atoms. The van der Waals surface area contributed by atoms with Crippen LogP contribution in [0.3, 0.4) is 0 Å². The maximum absolute atomic E-state index is 11.7. The summed E-state index contributed by atoms with van der Waals surface area (Å²) in [6, 6.07) is 0. The Morgan fingerprint density at radius 3 is 2.94 bits per heavy atom. The van der Waals surface area contributed by atoms with Crippen LogP contribution in [0.5, 0.6) is 0 Å². The van der Waals surface area contributed by atoms with Crippen LogP contribution in [0, 0.1) is 6.92 Å². The van der Waals surface area contributed by atoms with Gasteiger partial charge in [0.2, 0.25) is 5.91 Å². The van der Waals surface area contributed by atoms with Crippen LogP contribution in [0.4, 0.5) is 0 Å². The van der Waals surface area contributed by atoms with Gasteiger partial charge in [-0.15, -0.1) is 0 Å². The van der Waals surface area contributed by atoms with Crippen molar-refractivity contribution >= 4 is 28.9 Å². The second kappa shape index (κ2) is 5.09. The minimum atomic E-state index is -0.212. The zero-order chi connectivity index (χ0) is 12.3. The number of carbonyl (C=O) groups excluding carboxylic acids is 2. The second-order valence-electron chi connectivity index (χ2n) is 3.86. The Morgan fingerprint density at radius 2 is 2.35 bits per heavy atom. The molecule has 0 bridgehead atoms. The molecule has 0 unspecified atom stereocenters. The van der Waals surface area contributed by atoms with E-state index in [4.69, 9.17) is 0 Å². The predicted octanol–water partition coefficient (Wildman–Crippen LogP) is 0.939. The van der Waals surface area contributed by atoms with E-state index in [1.54, 1.807) is 11.3 Å². The van der Waals surface area contributed by atoms with E-state index < -0.39 is 0 Å². The maximum Gasteiger partial charge on any atom is 0.267 e. The van der Waals surface area contributed by atoms with Gasteiger partial charge >= 0.3 is 0 Å². The Hall–Kier alpha value is -1.69.